The van der Waals surface area contributed by atoms with Crippen LogP contribution >= 0.6 is 15.9 Å². The van der Waals surface area contributed by atoms with Crippen molar-refractivity contribution in [2.45, 2.75) is 26.2 Å². The molecule has 1 aliphatic heterocycles. The molecule has 4 heteroatoms. The van der Waals surface area contributed by atoms with E-state index in [9.17, 15) is 0 Å². The van der Waals surface area contributed by atoms with Crippen molar-refractivity contribution in [3.63, 3.8) is 0 Å². The van der Waals surface area contributed by atoms with Gasteiger partial charge >= 0.3 is 0 Å². The van der Waals surface area contributed by atoms with Gasteiger partial charge in [-0.05, 0) is 47.8 Å². The summed E-state index contributed by atoms with van der Waals surface area (Å²) in [6, 6.07) is 4.04. The van der Waals surface area contributed by atoms with Crippen molar-refractivity contribution in [3.8, 4) is 0 Å². The molecule has 1 saturated heterocycles. The first kappa shape index (κ1) is 10.9. The molecule has 1 N–H and O–H groups in total. The molecule has 0 radical (unpaired) electrons. The fraction of sp³-hybridized carbons (Fsp3) is 0.545. The van der Waals surface area contributed by atoms with Crippen molar-refractivity contribution in [3.05, 3.63) is 22.3 Å². The lowest BCUT2D eigenvalue weighted by Crippen LogP contribution is -2.35. The number of pyridine rings is 1. The zero-order chi connectivity index (χ0) is 10.7. The Hall–Kier alpha value is -0.610. The van der Waals surface area contributed by atoms with Crippen molar-refractivity contribution in [1.29, 1.82) is 0 Å². The first-order valence-corrected chi connectivity index (χ1v) is 6.20. The maximum Gasteiger partial charge on any atom is 0.140 e. The predicted octanol–water partition coefficient (Wildman–Crippen LogP) is 2.97. The van der Waals surface area contributed by atoms with Gasteiger partial charge in [0.15, 0.2) is 0 Å². The molecule has 0 aromatic carbocycles. The van der Waals surface area contributed by atoms with E-state index in [1.54, 1.807) is 0 Å². The molecule has 2 rings (SSSR count). The van der Waals surface area contributed by atoms with Crippen molar-refractivity contribution in [2.24, 2.45) is 0 Å². The lowest BCUT2D eigenvalue weighted by atomic mass is 10.2. The van der Waals surface area contributed by atoms with Gasteiger partial charge in [0.1, 0.15) is 5.82 Å². The Labute approximate surface area is 99.0 Å². The summed E-state index contributed by atoms with van der Waals surface area (Å²) >= 11 is 3.45. The number of nitrogens with zero attached hydrogens (tertiary/aromatic N) is 2. The van der Waals surface area contributed by atoms with Crippen LogP contribution in [0.1, 0.15) is 25.0 Å². The van der Waals surface area contributed by atoms with E-state index in [0.29, 0.717) is 0 Å². The number of hydrazine groups is 1. The third-order valence-electron chi connectivity index (χ3n) is 2.65. The Balaban J connectivity index is 2.00. The third kappa shape index (κ3) is 2.92. The zero-order valence-electron chi connectivity index (χ0n) is 8.96. The van der Waals surface area contributed by atoms with Crippen molar-refractivity contribution < 1.29 is 0 Å². The molecule has 2 heterocycles. The second kappa shape index (κ2) is 4.94. The lowest BCUT2D eigenvalue weighted by Gasteiger charge is -2.27. The van der Waals surface area contributed by atoms with Gasteiger partial charge in [0.2, 0.25) is 0 Å². The van der Waals surface area contributed by atoms with Crippen LogP contribution in [-0.2, 0) is 0 Å². The first-order valence-electron chi connectivity index (χ1n) is 5.40. The van der Waals surface area contributed by atoms with E-state index in [2.05, 4.69) is 31.3 Å². The summed E-state index contributed by atoms with van der Waals surface area (Å²) < 4.78 is 1.06. The molecule has 1 aliphatic rings. The van der Waals surface area contributed by atoms with Crippen molar-refractivity contribution in [1.82, 2.24) is 9.99 Å². The van der Waals surface area contributed by atoms with Crippen LogP contribution in [0.4, 0.5) is 5.82 Å². The van der Waals surface area contributed by atoms with E-state index >= 15 is 0 Å². The molecule has 0 amide bonds. The van der Waals surface area contributed by atoms with Crippen LogP contribution in [0.15, 0.2) is 16.6 Å². The number of aryl methyl sites for hydroxylation is 1. The van der Waals surface area contributed by atoms with Crippen molar-refractivity contribution in [2.75, 3.05) is 18.5 Å². The van der Waals surface area contributed by atoms with E-state index in [0.717, 1.165) is 29.1 Å². The largest absolute Gasteiger partial charge is 0.303 e. The molecule has 1 aromatic heterocycles. The number of aromatic nitrogens is 1. The molecule has 0 aliphatic carbocycles. The smallest absolute Gasteiger partial charge is 0.140 e. The Morgan fingerprint density at radius 3 is 2.67 bits per heavy atom. The fourth-order valence-electron chi connectivity index (χ4n) is 1.77. The van der Waals surface area contributed by atoms with Crippen LogP contribution in [0.25, 0.3) is 0 Å². The van der Waals surface area contributed by atoms with Gasteiger partial charge in [-0.2, -0.15) is 0 Å². The molecule has 0 unspecified atom stereocenters. The summed E-state index contributed by atoms with van der Waals surface area (Å²) in [5.74, 6) is 0.942. The van der Waals surface area contributed by atoms with Gasteiger partial charge in [0.25, 0.3) is 0 Å². The van der Waals surface area contributed by atoms with Gasteiger partial charge in [-0.25, -0.2) is 9.99 Å². The highest BCUT2D eigenvalue weighted by molar-refractivity contribution is 9.10. The van der Waals surface area contributed by atoms with Crippen LogP contribution < -0.4 is 5.43 Å². The van der Waals surface area contributed by atoms with Gasteiger partial charge in [-0.1, -0.05) is 6.42 Å². The lowest BCUT2D eigenvalue weighted by molar-refractivity contribution is 0.272. The number of hydrogen-bond donors (Lipinski definition) is 1. The topological polar surface area (TPSA) is 28.2 Å². The van der Waals surface area contributed by atoms with E-state index in [-0.39, 0.29) is 0 Å². The summed E-state index contributed by atoms with van der Waals surface area (Å²) in [7, 11) is 0. The van der Waals surface area contributed by atoms with Gasteiger partial charge in [-0.3, -0.25) is 0 Å². The van der Waals surface area contributed by atoms with E-state index < -0.39 is 0 Å². The Morgan fingerprint density at radius 2 is 2.00 bits per heavy atom. The molecule has 0 saturated carbocycles. The number of hydrogen-bond acceptors (Lipinski definition) is 3. The molecular weight excluding hydrogens is 254 g/mol. The maximum atomic E-state index is 4.47. The van der Waals surface area contributed by atoms with Gasteiger partial charge in [0.05, 0.1) is 5.69 Å². The molecule has 0 atom stereocenters. The first-order chi connectivity index (χ1) is 7.25. The van der Waals surface area contributed by atoms with Gasteiger partial charge in [0, 0.05) is 17.6 Å². The second-order valence-electron chi connectivity index (χ2n) is 3.92. The van der Waals surface area contributed by atoms with Crippen molar-refractivity contribution >= 4 is 21.7 Å². The van der Waals surface area contributed by atoms with Gasteiger partial charge < -0.3 is 5.43 Å². The standard InChI is InChI=1S/C11H16BrN3/c1-9-10(12)5-6-11(13-9)14-15-7-3-2-4-8-15/h5-6H,2-4,7-8H2,1H3,(H,13,14). The monoisotopic (exact) mass is 269 g/mol. The molecule has 3 nitrogen and oxygen atoms in total. The molecule has 82 valence electrons. The van der Waals surface area contributed by atoms with Crippen LogP contribution in [0, 0.1) is 6.92 Å². The van der Waals surface area contributed by atoms with Crippen LogP contribution in [-0.4, -0.2) is 23.1 Å². The Bertz CT molecular complexity index is 335. The zero-order valence-corrected chi connectivity index (χ0v) is 10.5. The quantitative estimate of drug-likeness (QED) is 0.895. The number of piperidine rings is 1. The third-order valence-corrected chi connectivity index (χ3v) is 3.49. The summed E-state index contributed by atoms with van der Waals surface area (Å²) in [4.78, 5) is 4.47. The highest BCUT2D eigenvalue weighted by Crippen LogP contribution is 2.17. The van der Waals surface area contributed by atoms with Crippen LogP contribution in [0.5, 0.6) is 0 Å². The normalized spacial score (nSPS) is 17.7. The minimum Gasteiger partial charge on any atom is -0.303 e. The average Bonchev–Trinajstić information content (AvgIpc) is 2.25. The molecule has 15 heavy (non-hydrogen) atoms. The summed E-state index contributed by atoms with van der Waals surface area (Å²) in [5.41, 5.74) is 4.38. The summed E-state index contributed by atoms with van der Waals surface area (Å²) in [6.45, 7) is 4.25. The predicted molar refractivity (Wildman–Crippen MR) is 65.7 cm³/mol. The number of rotatable bonds is 2. The molecule has 1 fully saturated rings. The molecular formula is C11H16BrN3. The summed E-state index contributed by atoms with van der Waals surface area (Å²) in [6.07, 6.45) is 3.91. The molecule has 1 aromatic rings. The molecule has 0 spiro atoms. The fourth-order valence-corrected chi connectivity index (χ4v) is 1.99. The average molecular weight is 270 g/mol. The van der Waals surface area contributed by atoms with Crippen LogP contribution in [0.2, 0.25) is 0 Å². The van der Waals surface area contributed by atoms with E-state index in [1.165, 1.54) is 19.3 Å². The maximum absolute atomic E-state index is 4.47. The Morgan fingerprint density at radius 1 is 1.27 bits per heavy atom. The molecule has 0 bridgehead atoms. The Kier molecular flexibility index (Phi) is 3.59. The number of anilines is 1. The highest BCUT2D eigenvalue weighted by atomic mass is 79.9. The number of nitrogens with one attached hydrogen (secondary N) is 1. The minimum absolute atomic E-state index is 0.942. The second-order valence-corrected chi connectivity index (χ2v) is 4.78. The van der Waals surface area contributed by atoms with E-state index in [4.69, 9.17) is 0 Å². The highest BCUT2D eigenvalue weighted by Gasteiger charge is 2.10. The minimum atomic E-state index is 0.942. The summed E-state index contributed by atoms with van der Waals surface area (Å²) in [5, 5.41) is 2.25. The van der Waals surface area contributed by atoms with E-state index in [1.807, 2.05) is 19.1 Å². The SMILES string of the molecule is Cc1nc(NN2CCCCC2)ccc1Br. The van der Waals surface area contributed by atoms with Crippen LogP contribution in [0.3, 0.4) is 0 Å². The van der Waals surface area contributed by atoms with Gasteiger partial charge in [-0.15, -0.1) is 0 Å². The number of halogens is 1.